The summed E-state index contributed by atoms with van der Waals surface area (Å²) < 4.78 is 0. The molecule has 0 fully saturated rings. The van der Waals surface area contributed by atoms with Gasteiger partial charge in [0, 0.05) is 0 Å². The number of aromatic nitrogens is 2. The summed E-state index contributed by atoms with van der Waals surface area (Å²) in [5.74, 6) is 0. The summed E-state index contributed by atoms with van der Waals surface area (Å²) in [6.45, 7) is 6.40. The largest absolute Gasteiger partial charge is 0.323 e. The number of fused-ring (bicyclic) bond motifs is 1. The number of imidazole rings is 1. The molecule has 2 aromatic rings. The van der Waals surface area contributed by atoms with Crippen molar-refractivity contribution in [3.8, 4) is 0 Å². The van der Waals surface area contributed by atoms with Gasteiger partial charge in [-0.15, -0.1) is 0 Å². The molecular weight excluding hydrogens is 176 g/mol. The van der Waals surface area contributed by atoms with Crippen LogP contribution in [0.1, 0.15) is 26.3 Å². The Balaban J connectivity index is 2.83. The second kappa shape index (κ2) is 2.74. The van der Waals surface area contributed by atoms with Crippen LogP contribution in [0.25, 0.3) is 11.0 Å². The van der Waals surface area contributed by atoms with E-state index in [4.69, 9.17) is 0 Å². The summed E-state index contributed by atoms with van der Waals surface area (Å²) in [6, 6.07) is 5.92. The molecule has 0 spiro atoms. The predicted octanol–water partition coefficient (Wildman–Crippen LogP) is 2.15. The van der Waals surface area contributed by atoms with Gasteiger partial charge in [0.25, 0.3) is 0 Å². The van der Waals surface area contributed by atoms with Gasteiger partial charge in [-0.1, -0.05) is 32.9 Å². The van der Waals surface area contributed by atoms with Crippen molar-refractivity contribution in [3.63, 3.8) is 0 Å². The third kappa shape index (κ3) is 1.35. The van der Waals surface area contributed by atoms with Gasteiger partial charge in [-0.05, 0) is 17.0 Å². The molecule has 0 atom stereocenters. The summed E-state index contributed by atoms with van der Waals surface area (Å²) in [4.78, 5) is 16.7. The molecule has 0 aliphatic carbocycles. The summed E-state index contributed by atoms with van der Waals surface area (Å²) in [7, 11) is 0. The van der Waals surface area contributed by atoms with E-state index in [0.29, 0.717) is 0 Å². The van der Waals surface area contributed by atoms with Crippen LogP contribution >= 0.6 is 0 Å². The quantitative estimate of drug-likeness (QED) is 0.657. The topological polar surface area (TPSA) is 48.6 Å². The van der Waals surface area contributed by atoms with Crippen molar-refractivity contribution in [2.24, 2.45) is 0 Å². The standard InChI is InChI=1S/C11H14N2O/c1-11(2,3)7-5-4-6-8-9(7)13-10(14)12-8/h4-6H,1-3H3,(H2,12,13,14). The SMILES string of the molecule is CC(C)(C)c1cccc2[nH]c(=O)[nH]c12. The van der Waals surface area contributed by atoms with Gasteiger partial charge >= 0.3 is 5.69 Å². The van der Waals surface area contributed by atoms with Gasteiger partial charge in [0.1, 0.15) is 0 Å². The molecule has 0 bridgehead atoms. The predicted molar refractivity (Wildman–Crippen MR) is 57.6 cm³/mol. The van der Waals surface area contributed by atoms with E-state index in [1.54, 1.807) is 0 Å². The molecule has 2 rings (SSSR count). The van der Waals surface area contributed by atoms with Crippen molar-refractivity contribution in [1.29, 1.82) is 0 Å². The Morgan fingerprint density at radius 2 is 1.86 bits per heavy atom. The summed E-state index contributed by atoms with van der Waals surface area (Å²) in [5, 5.41) is 0. The zero-order chi connectivity index (χ0) is 10.3. The van der Waals surface area contributed by atoms with Crippen molar-refractivity contribution in [3.05, 3.63) is 34.2 Å². The van der Waals surface area contributed by atoms with Crippen LogP contribution in [0.5, 0.6) is 0 Å². The maximum absolute atomic E-state index is 11.2. The van der Waals surface area contributed by atoms with Crippen LogP contribution in [0.3, 0.4) is 0 Å². The van der Waals surface area contributed by atoms with E-state index < -0.39 is 0 Å². The highest BCUT2D eigenvalue weighted by Crippen LogP contribution is 2.26. The normalized spacial score (nSPS) is 12.2. The second-order valence-corrected chi connectivity index (χ2v) is 4.56. The minimum atomic E-state index is -0.142. The average Bonchev–Trinajstić information content (AvgIpc) is 2.41. The van der Waals surface area contributed by atoms with E-state index in [0.717, 1.165) is 16.6 Å². The zero-order valence-electron chi connectivity index (χ0n) is 8.64. The van der Waals surface area contributed by atoms with Gasteiger partial charge < -0.3 is 9.97 Å². The van der Waals surface area contributed by atoms with Crippen molar-refractivity contribution in [2.75, 3.05) is 0 Å². The van der Waals surface area contributed by atoms with Crippen molar-refractivity contribution < 1.29 is 0 Å². The molecule has 0 aliphatic rings. The van der Waals surface area contributed by atoms with Gasteiger partial charge in [-0.2, -0.15) is 0 Å². The lowest BCUT2D eigenvalue weighted by molar-refractivity contribution is 0.595. The third-order valence-corrected chi connectivity index (χ3v) is 2.36. The number of benzene rings is 1. The van der Waals surface area contributed by atoms with Crippen LogP contribution in [-0.4, -0.2) is 9.97 Å². The van der Waals surface area contributed by atoms with E-state index in [2.05, 4.69) is 30.7 Å². The van der Waals surface area contributed by atoms with Gasteiger partial charge in [-0.3, -0.25) is 0 Å². The van der Waals surface area contributed by atoms with Crippen LogP contribution in [-0.2, 0) is 5.41 Å². The third-order valence-electron chi connectivity index (χ3n) is 2.36. The molecule has 3 nitrogen and oxygen atoms in total. The molecule has 1 aromatic carbocycles. The minimum Gasteiger partial charge on any atom is -0.306 e. The summed E-state index contributed by atoms with van der Waals surface area (Å²) >= 11 is 0. The molecule has 1 heterocycles. The second-order valence-electron chi connectivity index (χ2n) is 4.56. The Hall–Kier alpha value is -1.51. The maximum Gasteiger partial charge on any atom is 0.323 e. The number of para-hydroxylation sites is 1. The molecule has 0 radical (unpaired) electrons. The lowest BCUT2D eigenvalue weighted by atomic mass is 9.86. The number of rotatable bonds is 0. The van der Waals surface area contributed by atoms with E-state index in [9.17, 15) is 4.79 Å². The first kappa shape index (κ1) is 9.06. The molecule has 0 saturated heterocycles. The fourth-order valence-corrected chi connectivity index (χ4v) is 1.68. The Labute approximate surface area is 82.2 Å². The van der Waals surface area contributed by atoms with E-state index in [1.165, 1.54) is 0 Å². The first-order chi connectivity index (χ1) is 6.48. The van der Waals surface area contributed by atoms with E-state index in [1.807, 2.05) is 18.2 Å². The first-order valence-corrected chi connectivity index (χ1v) is 4.70. The first-order valence-electron chi connectivity index (χ1n) is 4.70. The summed E-state index contributed by atoms with van der Waals surface area (Å²) in [5.41, 5.74) is 2.86. The summed E-state index contributed by atoms with van der Waals surface area (Å²) in [6.07, 6.45) is 0. The van der Waals surface area contributed by atoms with Crippen LogP contribution in [0.15, 0.2) is 23.0 Å². The number of H-pyrrole nitrogens is 2. The van der Waals surface area contributed by atoms with Crippen LogP contribution < -0.4 is 5.69 Å². The highest BCUT2D eigenvalue weighted by Gasteiger charge is 2.17. The average molecular weight is 190 g/mol. The number of aromatic amines is 2. The molecule has 0 unspecified atom stereocenters. The van der Waals surface area contributed by atoms with Gasteiger partial charge in [0.2, 0.25) is 0 Å². The van der Waals surface area contributed by atoms with Crippen LogP contribution in [0.2, 0.25) is 0 Å². The van der Waals surface area contributed by atoms with Gasteiger partial charge in [0.15, 0.2) is 0 Å². The molecule has 1 aromatic heterocycles. The smallest absolute Gasteiger partial charge is 0.306 e. The molecule has 74 valence electrons. The van der Waals surface area contributed by atoms with Crippen molar-refractivity contribution in [2.45, 2.75) is 26.2 Å². The molecule has 0 amide bonds. The fourth-order valence-electron chi connectivity index (χ4n) is 1.68. The van der Waals surface area contributed by atoms with Crippen molar-refractivity contribution in [1.82, 2.24) is 9.97 Å². The lowest BCUT2D eigenvalue weighted by Crippen LogP contribution is -2.11. The number of hydrogen-bond acceptors (Lipinski definition) is 1. The van der Waals surface area contributed by atoms with Gasteiger partial charge in [-0.25, -0.2) is 4.79 Å². The van der Waals surface area contributed by atoms with E-state index >= 15 is 0 Å². The molecule has 3 heteroatoms. The highest BCUT2D eigenvalue weighted by atomic mass is 16.1. The maximum atomic E-state index is 11.2. The highest BCUT2D eigenvalue weighted by molar-refractivity contribution is 5.79. The van der Waals surface area contributed by atoms with E-state index in [-0.39, 0.29) is 11.1 Å². The van der Waals surface area contributed by atoms with Crippen LogP contribution in [0, 0.1) is 0 Å². The Bertz CT molecular complexity index is 514. The number of hydrogen-bond donors (Lipinski definition) is 2. The Morgan fingerprint density at radius 1 is 1.14 bits per heavy atom. The van der Waals surface area contributed by atoms with Crippen molar-refractivity contribution >= 4 is 11.0 Å². The molecule has 0 aliphatic heterocycles. The molecule has 14 heavy (non-hydrogen) atoms. The fraction of sp³-hybridized carbons (Fsp3) is 0.364. The van der Waals surface area contributed by atoms with Gasteiger partial charge in [0.05, 0.1) is 11.0 Å². The molecule has 2 N–H and O–H groups in total. The minimum absolute atomic E-state index is 0.0463. The Kier molecular flexibility index (Phi) is 1.77. The number of nitrogens with one attached hydrogen (secondary N) is 2. The lowest BCUT2D eigenvalue weighted by Gasteiger charge is -2.19. The Morgan fingerprint density at radius 3 is 2.50 bits per heavy atom. The zero-order valence-corrected chi connectivity index (χ0v) is 8.64. The molecular formula is C11H14N2O. The molecule has 0 saturated carbocycles. The monoisotopic (exact) mass is 190 g/mol. The van der Waals surface area contributed by atoms with Crippen LogP contribution in [0.4, 0.5) is 0 Å².